The van der Waals surface area contributed by atoms with Crippen LogP contribution in [-0.2, 0) is 4.74 Å². The number of ether oxygens (including phenoxy) is 1. The van der Waals surface area contributed by atoms with Gasteiger partial charge < -0.3 is 15.0 Å². The number of carbonyl (C=O) groups is 2. The number of benzene rings is 1. The molecule has 1 heterocycles. The Hall–Kier alpha value is -2.56. The van der Waals surface area contributed by atoms with Gasteiger partial charge in [-0.2, -0.15) is 0 Å². The molecule has 5 nitrogen and oxygen atoms in total. The number of aryl methyl sites for hydroxylation is 2. The average molecular weight is 286 g/mol. The van der Waals surface area contributed by atoms with Crippen molar-refractivity contribution in [3.63, 3.8) is 0 Å². The van der Waals surface area contributed by atoms with Crippen LogP contribution in [0.5, 0.6) is 0 Å². The number of hydrogen-bond acceptors (Lipinski definition) is 3. The van der Waals surface area contributed by atoms with Crippen LogP contribution in [0.25, 0.3) is 0 Å². The van der Waals surface area contributed by atoms with Crippen LogP contribution in [0, 0.1) is 13.8 Å². The van der Waals surface area contributed by atoms with Crippen LogP contribution >= 0.6 is 0 Å². The zero-order chi connectivity index (χ0) is 15.4. The first-order valence-electron chi connectivity index (χ1n) is 6.76. The van der Waals surface area contributed by atoms with Crippen molar-refractivity contribution in [1.82, 2.24) is 4.98 Å². The van der Waals surface area contributed by atoms with E-state index in [2.05, 4.69) is 10.3 Å². The molecule has 0 spiro atoms. The monoisotopic (exact) mass is 286 g/mol. The fraction of sp³-hybridized carbons (Fsp3) is 0.250. The van der Waals surface area contributed by atoms with E-state index in [0.717, 1.165) is 5.56 Å². The number of H-pyrrole nitrogens is 1. The van der Waals surface area contributed by atoms with E-state index in [1.807, 2.05) is 19.1 Å². The number of nitrogens with one attached hydrogen (secondary N) is 2. The van der Waals surface area contributed by atoms with Gasteiger partial charge in [0.1, 0.15) is 5.56 Å². The molecule has 1 aromatic carbocycles. The van der Waals surface area contributed by atoms with E-state index >= 15 is 0 Å². The summed E-state index contributed by atoms with van der Waals surface area (Å²) in [6.07, 6.45) is 1.59. The minimum Gasteiger partial charge on any atom is -0.462 e. The molecule has 110 valence electrons. The molecule has 2 aromatic rings. The summed E-state index contributed by atoms with van der Waals surface area (Å²) >= 11 is 0. The normalized spacial score (nSPS) is 10.2. The summed E-state index contributed by atoms with van der Waals surface area (Å²) in [4.78, 5) is 27.1. The van der Waals surface area contributed by atoms with Crippen molar-refractivity contribution in [2.45, 2.75) is 20.8 Å². The Morgan fingerprint density at radius 3 is 2.71 bits per heavy atom. The lowest BCUT2D eigenvalue weighted by atomic mass is 10.1. The third-order valence-electron chi connectivity index (χ3n) is 3.09. The van der Waals surface area contributed by atoms with Crippen LogP contribution in [0.1, 0.15) is 38.9 Å². The first-order valence-corrected chi connectivity index (χ1v) is 6.76. The van der Waals surface area contributed by atoms with E-state index in [1.165, 1.54) is 0 Å². The summed E-state index contributed by atoms with van der Waals surface area (Å²) < 4.78 is 5.00. The number of esters is 1. The molecule has 0 aliphatic heterocycles. The van der Waals surface area contributed by atoms with Crippen LogP contribution in [-0.4, -0.2) is 23.5 Å². The minimum atomic E-state index is -0.448. The third-order valence-corrected chi connectivity index (χ3v) is 3.09. The molecule has 0 saturated heterocycles. The van der Waals surface area contributed by atoms with Crippen molar-refractivity contribution in [3.8, 4) is 0 Å². The molecule has 0 saturated carbocycles. The molecular formula is C16H18N2O3. The summed E-state index contributed by atoms with van der Waals surface area (Å²) in [6.45, 7) is 5.70. The number of carbonyl (C=O) groups excluding carboxylic acids is 2. The van der Waals surface area contributed by atoms with E-state index in [-0.39, 0.29) is 12.5 Å². The van der Waals surface area contributed by atoms with Gasteiger partial charge in [-0.15, -0.1) is 0 Å². The highest BCUT2D eigenvalue weighted by atomic mass is 16.5. The first-order chi connectivity index (χ1) is 10.0. The van der Waals surface area contributed by atoms with Crippen molar-refractivity contribution >= 4 is 17.6 Å². The van der Waals surface area contributed by atoms with Crippen molar-refractivity contribution in [3.05, 3.63) is 52.8 Å². The molecule has 1 amide bonds. The lowest BCUT2D eigenvalue weighted by Crippen LogP contribution is -2.15. The highest BCUT2D eigenvalue weighted by Crippen LogP contribution is 2.21. The summed E-state index contributed by atoms with van der Waals surface area (Å²) in [5.41, 5.74) is 2.99. The van der Waals surface area contributed by atoms with Gasteiger partial charge in [0.05, 0.1) is 12.3 Å². The average Bonchev–Trinajstić information content (AvgIpc) is 2.80. The van der Waals surface area contributed by atoms with Gasteiger partial charge in [-0.25, -0.2) is 4.79 Å². The van der Waals surface area contributed by atoms with Crippen LogP contribution in [0.15, 0.2) is 30.5 Å². The predicted molar refractivity (Wildman–Crippen MR) is 80.6 cm³/mol. The fourth-order valence-corrected chi connectivity index (χ4v) is 2.07. The Morgan fingerprint density at radius 2 is 2.05 bits per heavy atom. The molecule has 0 bridgehead atoms. The van der Waals surface area contributed by atoms with E-state index in [0.29, 0.717) is 22.5 Å². The SMILES string of the molecule is CCOC(=O)c1c(NC(=O)c2cccc(C)c2)c[nH]c1C. The molecule has 2 rings (SSSR count). The highest BCUT2D eigenvalue weighted by Gasteiger charge is 2.19. The quantitative estimate of drug-likeness (QED) is 0.848. The lowest BCUT2D eigenvalue weighted by molar-refractivity contribution is 0.0527. The predicted octanol–water partition coefficient (Wildman–Crippen LogP) is 3.06. The lowest BCUT2D eigenvalue weighted by Gasteiger charge is -2.07. The van der Waals surface area contributed by atoms with Gasteiger partial charge in [-0.05, 0) is 32.9 Å². The summed E-state index contributed by atoms with van der Waals surface area (Å²) in [6, 6.07) is 7.25. The van der Waals surface area contributed by atoms with E-state index in [9.17, 15) is 9.59 Å². The van der Waals surface area contributed by atoms with Gasteiger partial charge >= 0.3 is 5.97 Å². The summed E-state index contributed by atoms with van der Waals surface area (Å²) in [7, 11) is 0. The minimum absolute atomic E-state index is 0.261. The molecule has 21 heavy (non-hydrogen) atoms. The van der Waals surface area contributed by atoms with Crippen LogP contribution < -0.4 is 5.32 Å². The molecular weight excluding hydrogens is 268 g/mol. The van der Waals surface area contributed by atoms with Gasteiger partial charge in [0.15, 0.2) is 0 Å². The second-order valence-electron chi connectivity index (χ2n) is 4.75. The van der Waals surface area contributed by atoms with Gasteiger partial charge in [-0.1, -0.05) is 17.7 Å². The smallest absolute Gasteiger partial charge is 0.342 e. The maximum atomic E-state index is 12.2. The maximum absolute atomic E-state index is 12.2. The Kier molecular flexibility index (Phi) is 4.42. The third kappa shape index (κ3) is 3.31. The van der Waals surface area contributed by atoms with E-state index < -0.39 is 5.97 Å². The Morgan fingerprint density at radius 1 is 1.29 bits per heavy atom. The number of amides is 1. The van der Waals surface area contributed by atoms with Crippen LogP contribution in [0.2, 0.25) is 0 Å². The van der Waals surface area contributed by atoms with Gasteiger partial charge in [-0.3, -0.25) is 4.79 Å². The number of rotatable bonds is 4. The molecule has 2 N–H and O–H groups in total. The first kappa shape index (κ1) is 14.8. The molecule has 5 heteroatoms. The zero-order valence-corrected chi connectivity index (χ0v) is 12.3. The standard InChI is InChI=1S/C16H18N2O3/c1-4-21-16(20)14-11(3)17-9-13(14)18-15(19)12-7-5-6-10(2)8-12/h5-9,17H,4H2,1-3H3,(H,18,19). The zero-order valence-electron chi connectivity index (χ0n) is 12.3. The van der Waals surface area contributed by atoms with E-state index in [4.69, 9.17) is 4.74 Å². The van der Waals surface area contributed by atoms with E-state index in [1.54, 1.807) is 32.2 Å². The van der Waals surface area contributed by atoms with Crippen molar-refractivity contribution < 1.29 is 14.3 Å². The topological polar surface area (TPSA) is 71.2 Å². The van der Waals surface area contributed by atoms with Crippen molar-refractivity contribution in [1.29, 1.82) is 0 Å². The Labute approximate surface area is 123 Å². The second kappa shape index (κ2) is 6.26. The molecule has 0 radical (unpaired) electrons. The number of anilines is 1. The van der Waals surface area contributed by atoms with Gasteiger partial charge in [0.25, 0.3) is 5.91 Å². The molecule has 0 unspecified atom stereocenters. The summed E-state index contributed by atoms with van der Waals surface area (Å²) in [5.74, 6) is -0.709. The van der Waals surface area contributed by atoms with Crippen LogP contribution in [0.4, 0.5) is 5.69 Å². The Bertz CT molecular complexity index is 674. The Balaban J connectivity index is 2.24. The summed E-state index contributed by atoms with van der Waals surface area (Å²) in [5, 5.41) is 2.74. The molecule has 0 atom stereocenters. The van der Waals surface area contributed by atoms with Crippen molar-refractivity contribution in [2.24, 2.45) is 0 Å². The number of aromatic nitrogens is 1. The number of hydrogen-bond donors (Lipinski definition) is 2. The largest absolute Gasteiger partial charge is 0.462 e. The molecule has 0 fully saturated rings. The van der Waals surface area contributed by atoms with Gasteiger partial charge in [0, 0.05) is 17.5 Å². The second-order valence-corrected chi connectivity index (χ2v) is 4.75. The maximum Gasteiger partial charge on any atom is 0.342 e. The van der Waals surface area contributed by atoms with Gasteiger partial charge in [0.2, 0.25) is 0 Å². The number of aromatic amines is 1. The molecule has 0 aliphatic carbocycles. The fourth-order valence-electron chi connectivity index (χ4n) is 2.07. The van der Waals surface area contributed by atoms with Crippen molar-refractivity contribution in [2.75, 3.05) is 11.9 Å². The molecule has 1 aromatic heterocycles. The molecule has 0 aliphatic rings. The highest BCUT2D eigenvalue weighted by molar-refractivity contribution is 6.08. The van der Waals surface area contributed by atoms with Crippen LogP contribution in [0.3, 0.4) is 0 Å².